The highest BCUT2D eigenvalue weighted by molar-refractivity contribution is 7.19. The number of hydrogen-bond donors (Lipinski definition) is 1. The van der Waals surface area contributed by atoms with E-state index in [1.54, 1.807) is 0 Å². The van der Waals surface area contributed by atoms with Gasteiger partial charge in [0.1, 0.15) is 5.92 Å². The fraction of sp³-hybridized carbons (Fsp3) is 0.235. The molecule has 0 radical (unpaired) electrons. The van der Waals surface area contributed by atoms with Gasteiger partial charge in [0.05, 0.1) is 4.34 Å². The number of thiophene rings is 1. The first-order chi connectivity index (χ1) is 11.5. The van der Waals surface area contributed by atoms with Gasteiger partial charge in [-0.05, 0) is 29.3 Å². The summed E-state index contributed by atoms with van der Waals surface area (Å²) in [5.74, 6) is -2.58. The highest BCUT2D eigenvalue weighted by atomic mass is 35.5. The Morgan fingerprint density at radius 3 is 2.75 bits per heavy atom. The number of Topliss-reactive ketones (excluding diaryl/α,β-unsaturated/α-hetero) is 1. The zero-order chi connectivity index (χ0) is 17.3. The molecule has 2 heterocycles. The van der Waals surface area contributed by atoms with Gasteiger partial charge in [0.15, 0.2) is 0 Å². The molecular weight excluding hydrogens is 348 g/mol. The minimum absolute atomic E-state index is 0.136. The number of nitrogens with one attached hydrogen (secondary N) is 1. The molecule has 1 aromatic carbocycles. The van der Waals surface area contributed by atoms with E-state index in [1.807, 2.05) is 36.4 Å². The first-order valence-corrected chi connectivity index (χ1v) is 8.57. The van der Waals surface area contributed by atoms with E-state index in [-0.39, 0.29) is 6.54 Å². The third-order valence-corrected chi connectivity index (χ3v) is 5.18. The zero-order valence-corrected chi connectivity index (χ0v) is 14.5. The molecule has 3 rings (SSSR count). The number of carbonyl (C=O) groups excluding carboxylic acids is 3. The van der Waals surface area contributed by atoms with Crippen molar-refractivity contribution in [3.05, 3.63) is 46.3 Å². The van der Waals surface area contributed by atoms with E-state index < -0.39 is 23.5 Å². The number of rotatable bonds is 4. The number of likely N-dealkylation sites (tertiary alicyclic amines) is 1. The number of amides is 2. The van der Waals surface area contributed by atoms with E-state index in [1.165, 1.54) is 23.3 Å². The first kappa shape index (κ1) is 16.7. The molecule has 1 N–H and O–H groups in total. The van der Waals surface area contributed by atoms with Gasteiger partial charge in [-0.3, -0.25) is 14.4 Å². The molecule has 0 aliphatic carbocycles. The molecule has 124 valence electrons. The van der Waals surface area contributed by atoms with Crippen LogP contribution in [0, 0.1) is 5.92 Å². The number of nitrogens with zero attached hydrogens (tertiary/aromatic N) is 1. The number of ketones is 1. The largest absolute Gasteiger partial charge is 0.351 e. The van der Waals surface area contributed by atoms with Crippen LogP contribution in [0.15, 0.2) is 36.4 Å². The molecule has 1 unspecified atom stereocenters. The Morgan fingerprint density at radius 1 is 1.33 bits per heavy atom. The Labute approximate surface area is 148 Å². The minimum Gasteiger partial charge on any atom is -0.351 e. The summed E-state index contributed by atoms with van der Waals surface area (Å²) in [5, 5.41) is 2.73. The van der Waals surface area contributed by atoms with Gasteiger partial charge in [-0.1, -0.05) is 29.8 Å². The fourth-order valence-corrected chi connectivity index (χ4v) is 3.63. The van der Waals surface area contributed by atoms with Crippen LogP contribution < -0.4 is 5.32 Å². The smallest absolute Gasteiger partial charge is 0.290 e. The molecule has 0 saturated carbocycles. The molecule has 1 aromatic heterocycles. The Hall–Kier alpha value is -2.18. The molecule has 1 saturated heterocycles. The molecule has 5 nitrogen and oxygen atoms in total. The van der Waals surface area contributed by atoms with Crippen LogP contribution in [0.25, 0.3) is 10.4 Å². The van der Waals surface area contributed by atoms with Gasteiger partial charge in [-0.2, -0.15) is 0 Å². The fourth-order valence-electron chi connectivity index (χ4n) is 2.60. The summed E-state index contributed by atoms with van der Waals surface area (Å²) in [6, 6.07) is 11.5. The predicted molar refractivity (Wildman–Crippen MR) is 92.7 cm³/mol. The lowest BCUT2D eigenvalue weighted by atomic mass is 10.1. The lowest BCUT2D eigenvalue weighted by Gasteiger charge is -2.10. The molecule has 0 bridgehead atoms. The Balaban J connectivity index is 1.66. The Morgan fingerprint density at radius 2 is 2.12 bits per heavy atom. The van der Waals surface area contributed by atoms with Crippen molar-refractivity contribution in [2.75, 3.05) is 13.6 Å². The monoisotopic (exact) mass is 362 g/mol. The van der Waals surface area contributed by atoms with E-state index in [0.717, 1.165) is 20.3 Å². The third kappa shape index (κ3) is 3.34. The zero-order valence-electron chi connectivity index (χ0n) is 12.9. The average Bonchev–Trinajstić information content (AvgIpc) is 3.12. The summed E-state index contributed by atoms with van der Waals surface area (Å²) < 4.78 is 0.720. The predicted octanol–water partition coefficient (Wildman–Crippen LogP) is 2.34. The summed E-state index contributed by atoms with van der Waals surface area (Å²) in [5.41, 5.74) is 1.93. The molecule has 7 heteroatoms. The van der Waals surface area contributed by atoms with Gasteiger partial charge in [0, 0.05) is 25.0 Å². The maximum absolute atomic E-state index is 12.2. The lowest BCUT2D eigenvalue weighted by Crippen LogP contribution is -2.35. The van der Waals surface area contributed by atoms with E-state index in [9.17, 15) is 14.4 Å². The van der Waals surface area contributed by atoms with Crippen molar-refractivity contribution in [3.8, 4) is 10.4 Å². The second kappa shape index (κ2) is 6.75. The maximum Gasteiger partial charge on any atom is 0.290 e. The van der Waals surface area contributed by atoms with Crippen LogP contribution in [-0.2, 0) is 20.9 Å². The van der Waals surface area contributed by atoms with Crippen LogP contribution >= 0.6 is 22.9 Å². The van der Waals surface area contributed by atoms with Crippen molar-refractivity contribution in [1.29, 1.82) is 0 Å². The van der Waals surface area contributed by atoms with Crippen LogP contribution in [0.3, 0.4) is 0 Å². The van der Waals surface area contributed by atoms with Crippen molar-refractivity contribution in [1.82, 2.24) is 10.2 Å². The molecule has 1 atom stereocenters. The highest BCUT2D eigenvalue weighted by Crippen LogP contribution is 2.31. The summed E-state index contributed by atoms with van der Waals surface area (Å²) >= 11 is 7.45. The summed E-state index contributed by atoms with van der Waals surface area (Å²) in [6.07, 6.45) is 0. The number of halogens is 1. The van der Waals surface area contributed by atoms with Gasteiger partial charge in [-0.25, -0.2) is 0 Å². The lowest BCUT2D eigenvalue weighted by molar-refractivity contribution is -0.142. The molecule has 1 aliphatic rings. The molecule has 24 heavy (non-hydrogen) atoms. The van der Waals surface area contributed by atoms with Gasteiger partial charge < -0.3 is 10.2 Å². The number of benzene rings is 1. The number of likely N-dealkylation sites (N-methyl/N-ethyl adjacent to an activating group) is 1. The highest BCUT2D eigenvalue weighted by Gasteiger charge is 2.41. The standard InChI is InChI=1S/C17H15ClN2O3S/c1-20-9-12(15(21)17(20)23)16(22)19-8-10-3-2-4-11(7-10)13-5-6-14(18)24-13/h2-7,12H,8-9H2,1H3,(H,19,22). The minimum atomic E-state index is -0.915. The van der Waals surface area contributed by atoms with Gasteiger partial charge in [-0.15, -0.1) is 11.3 Å². The van der Waals surface area contributed by atoms with E-state index in [2.05, 4.69) is 5.32 Å². The molecule has 1 aliphatic heterocycles. The second-order valence-electron chi connectivity index (χ2n) is 5.62. The molecule has 2 amide bonds. The van der Waals surface area contributed by atoms with Crippen molar-refractivity contribution in [2.45, 2.75) is 6.54 Å². The van der Waals surface area contributed by atoms with Crippen molar-refractivity contribution in [2.24, 2.45) is 5.92 Å². The molecule has 2 aromatic rings. The second-order valence-corrected chi connectivity index (χ2v) is 7.34. The number of hydrogen-bond acceptors (Lipinski definition) is 4. The first-order valence-electron chi connectivity index (χ1n) is 7.37. The summed E-state index contributed by atoms with van der Waals surface area (Å²) in [6.45, 7) is 0.435. The topological polar surface area (TPSA) is 66.5 Å². The van der Waals surface area contributed by atoms with E-state index in [4.69, 9.17) is 11.6 Å². The average molecular weight is 363 g/mol. The van der Waals surface area contributed by atoms with Crippen LogP contribution in [0.1, 0.15) is 5.56 Å². The quantitative estimate of drug-likeness (QED) is 0.670. The van der Waals surface area contributed by atoms with Crippen molar-refractivity contribution < 1.29 is 14.4 Å². The van der Waals surface area contributed by atoms with Crippen LogP contribution in [0.2, 0.25) is 4.34 Å². The van der Waals surface area contributed by atoms with E-state index >= 15 is 0 Å². The van der Waals surface area contributed by atoms with Crippen molar-refractivity contribution >= 4 is 40.5 Å². The van der Waals surface area contributed by atoms with Crippen molar-refractivity contribution in [3.63, 3.8) is 0 Å². The summed E-state index contributed by atoms with van der Waals surface area (Å²) in [4.78, 5) is 37.7. The van der Waals surface area contributed by atoms with E-state index in [0.29, 0.717) is 6.54 Å². The van der Waals surface area contributed by atoms with Gasteiger partial charge >= 0.3 is 0 Å². The molecule has 1 fully saturated rings. The number of carbonyl (C=O) groups is 3. The third-order valence-electron chi connectivity index (χ3n) is 3.90. The summed E-state index contributed by atoms with van der Waals surface area (Å²) in [7, 11) is 1.52. The van der Waals surface area contributed by atoms with Gasteiger partial charge in [0.2, 0.25) is 11.7 Å². The van der Waals surface area contributed by atoms with Gasteiger partial charge in [0.25, 0.3) is 5.91 Å². The van der Waals surface area contributed by atoms with Crippen LogP contribution in [0.4, 0.5) is 0 Å². The Kier molecular flexibility index (Phi) is 4.69. The normalized spacial score (nSPS) is 17.4. The Bertz CT molecular complexity index is 818. The SMILES string of the molecule is CN1CC(C(=O)NCc2cccc(-c3ccc(Cl)s3)c2)C(=O)C1=O. The van der Waals surface area contributed by atoms with Crippen LogP contribution in [0.5, 0.6) is 0 Å². The van der Waals surface area contributed by atoms with Crippen LogP contribution in [-0.4, -0.2) is 36.1 Å². The maximum atomic E-state index is 12.2. The molecular formula is C17H15ClN2O3S. The molecule has 0 spiro atoms.